The van der Waals surface area contributed by atoms with Crippen molar-refractivity contribution in [1.82, 2.24) is 10.2 Å². The fraction of sp³-hybridized carbons (Fsp3) is 0.600. The van der Waals surface area contributed by atoms with Crippen molar-refractivity contribution in [3.05, 3.63) is 35.1 Å². The fourth-order valence-corrected chi connectivity index (χ4v) is 2.83. The van der Waals surface area contributed by atoms with E-state index in [1.807, 2.05) is 20.0 Å². The fourth-order valence-electron chi connectivity index (χ4n) is 2.83. The van der Waals surface area contributed by atoms with Crippen LogP contribution in [-0.4, -0.2) is 31.6 Å². The highest BCUT2D eigenvalue weighted by molar-refractivity contribution is 5.85. The van der Waals surface area contributed by atoms with Crippen molar-refractivity contribution in [3.63, 3.8) is 0 Å². The van der Waals surface area contributed by atoms with Gasteiger partial charge in [-0.25, -0.2) is 4.39 Å². The molecular formula is C15H24ClFN2. The van der Waals surface area contributed by atoms with Crippen LogP contribution in [0.15, 0.2) is 18.2 Å². The number of nitrogens with one attached hydrogen (secondary N) is 1. The van der Waals surface area contributed by atoms with Gasteiger partial charge in [0.15, 0.2) is 0 Å². The third-order valence-corrected chi connectivity index (χ3v) is 3.79. The Bertz CT molecular complexity index is 396. The Labute approximate surface area is 121 Å². The number of hydrogen-bond acceptors (Lipinski definition) is 2. The highest BCUT2D eigenvalue weighted by atomic mass is 35.5. The van der Waals surface area contributed by atoms with E-state index in [1.165, 1.54) is 18.4 Å². The molecular weight excluding hydrogens is 263 g/mol. The SMILES string of the molecule is CNCC1CCCN(Cc2ccc(F)cc2C)C1.Cl. The molecule has 0 aromatic heterocycles. The van der Waals surface area contributed by atoms with Crippen molar-refractivity contribution in [2.75, 3.05) is 26.7 Å². The predicted octanol–water partition coefficient (Wildman–Crippen LogP) is 2.99. The van der Waals surface area contributed by atoms with Gasteiger partial charge < -0.3 is 5.32 Å². The average molecular weight is 287 g/mol. The van der Waals surface area contributed by atoms with E-state index in [2.05, 4.69) is 10.2 Å². The molecule has 0 radical (unpaired) electrons. The molecule has 0 amide bonds. The molecule has 0 saturated carbocycles. The molecule has 1 unspecified atom stereocenters. The molecule has 1 N–H and O–H groups in total. The van der Waals surface area contributed by atoms with E-state index in [-0.39, 0.29) is 18.2 Å². The number of benzene rings is 1. The molecule has 1 aromatic rings. The minimum atomic E-state index is -0.136. The zero-order chi connectivity index (χ0) is 13.0. The van der Waals surface area contributed by atoms with Crippen LogP contribution in [0.25, 0.3) is 0 Å². The van der Waals surface area contributed by atoms with Gasteiger partial charge in [-0.15, -0.1) is 12.4 Å². The van der Waals surface area contributed by atoms with E-state index >= 15 is 0 Å². The maximum atomic E-state index is 13.1. The number of nitrogens with zero attached hydrogens (tertiary/aromatic N) is 1. The lowest BCUT2D eigenvalue weighted by Gasteiger charge is -2.33. The van der Waals surface area contributed by atoms with Crippen LogP contribution in [0.3, 0.4) is 0 Å². The Morgan fingerprint density at radius 1 is 1.42 bits per heavy atom. The van der Waals surface area contributed by atoms with Crippen LogP contribution in [0.2, 0.25) is 0 Å². The molecule has 1 aromatic carbocycles. The Balaban J connectivity index is 0.00000180. The first kappa shape index (κ1) is 16.4. The van der Waals surface area contributed by atoms with E-state index in [9.17, 15) is 4.39 Å². The zero-order valence-electron chi connectivity index (χ0n) is 11.8. The van der Waals surface area contributed by atoms with Crippen LogP contribution in [0, 0.1) is 18.7 Å². The van der Waals surface area contributed by atoms with Gasteiger partial charge in [-0.2, -0.15) is 0 Å². The Morgan fingerprint density at radius 3 is 2.89 bits per heavy atom. The number of likely N-dealkylation sites (tertiary alicyclic amines) is 1. The van der Waals surface area contributed by atoms with Crippen molar-refractivity contribution < 1.29 is 4.39 Å². The molecule has 19 heavy (non-hydrogen) atoms. The predicted molar refractivity (Wildman–Crippen MR) is 80.3 cm³/mol. The summed E-state index contributed by atoms with van der Waals surface area (Å²) in [5.74, 6) is 0.618. The second kappa shape index (κ2) is 7.83. The van der Waals surface area contributed by atoms with Gasteiger partial charge in [0.25, 0.3) is 0 Å². The third-order valence-electron chi connectivity index (χ3n) is 3.79. The summed E-state index contributed by atoms with van der Waals surface area (Å²) in [6.07, 6.45) is 2.59. The number of rotatable bonds is 4. The first-order valence-corrected chi connectivity index (χ1v) is 6.81. The van der Waals surface area contributed by atoms with Gasteiger partial charge in [0.05, 0.1) is 0 Å². The minimum absolute atomic E-state index is 0. The largest absolute Gasteiger partial charge is 0.319 e. The topological polar surface area (TPSA) is 15.3 Å². The monoisotopic (exact) mass is 286 g/mol. The van der Waals surface area contributed by atoms with Crippen LogP contribution in [0.5, 0.6) is 0 Å². The maximum absolute atomic E-state index is 13.1. The van der Waals surface area contributed by atoms with Gasteiger partial charge in [0.2, 0.25) is 0 Å². The number of aryl methyl sites for hydroxylation is 1. The van der Waals surface area contributed by atoms with Gasteiger partial charge >= 0.3 is 0 Å². The molecule has 0 bridgehead atoms. The van der Waals surface area contributed by atoms with Gasteiger partial charge in [-0.3, -0.25) is 4.90 Å². The van der Waals surface area contributed by atoms with Crippen molar-refractivity contribution >= 4 is 12.4 Å². The van der Waals surface area contributed by atoms with Crippen LogP contribution in [0.1, 0.15) is 24.0 Å². The molecule has 0 aliphatic carbocycles. The van der Waals surface area contributed by atoms with Gasteiger partial charge in [0, 0.05) is 13.1 Å². The molecule has 1 heterocycles. The van der Waals surface area contributed by atoms with Crippen LogP contribution in [0.4, 0.5) is 4.39 Å². The number of halogens is 2. The van der Waals surface area contributed by atoms with Crippen molar-refractivity contribution in [2.24, 2.45) is 5.92 Å². The molecule has 0 spiro atoms. The van der Waals surface area contributed by atoms with Crippen LogP contribution < -0.4 is 5.32 Å². The molecule has 1 fully saturated rings. The first-order chi connectivity index (χ1) is 8.69. The van der Waals surface area contributed by atoms with E-state index < -0.39 is 0 Å². The Morgan fingerprint density at radius 2 is 2.21 bits per heavy atom. The molecule has 108 valence electrons. The van der Waals surface area contributed by atoms with E-state index in [1.54, 1.807) is 12.1 Å². The van der Waals surface area contributed by atoms with Gasteiger partial charge in [-0.1, -0.05) is 6.07 Å². The molecule has 1 saturated heterocycles. The molecule has 1 aliphatic rings. The third kappa shape index (κ3) is 4.75. The maximum Gasteiger partial charge on any atom is 0.123 e. The molecule has 2 nitrogen and oxygen atoms in total. The highest BCUT2D eigenvalue weighted by Gasteiger charge is 2.19. The van der Waals surface area contributed by atoms with Crippen LogP contribution in [-0.2, 0) is 6.54 Å². The van der Waals surface area contributed by atoms with Crippen LogP contribution >= 0.6 is 12.4 Å². The lowest BCUT2D eigenvalue weighted by Crippen LogP contribution is -2.38. The summed E-state index contributed by atoms with van der Waals surface area (Å²) < 4.78 is 13.1. The molecule has 1 aliphatic heterocycles. The molecule has 2 rings (SSSR count). The van der Waals surface area contributed by atoms with Crippen molar-refractivity contribution in [2.45, 2.75) is 26.3 Å². The summed E-state index contributed by atoms with van der Waals surface area (Å²) in [4.78, 5) is 2.49. The minimum Gasteiger partial charge on any atom is -0.319 e. The second-order valence-electron chi connectivity index (χ2n) is 5.37. The summed E-state index contributed by atoms with van der Waals surface area (Å²) in [7, 11) is 2.02. The van der Waals surface area contributed by atoms with Gasteiger partial charge in [-0.05, 0) is 69.1 Å². The number of piperidine rings is 1. The summed E-state index contributed by atoms with van der Waals surface area (Å²) in [6, 6.07) is 5.12. The van der Waals surface area contributed by atoms with Gasteiger partial charge in [0.1, 0.15) is 5.82 Å². The number of hydrogen-bond donors (Lipinski definition) is 1. The first-order valence-electron chi connectivity index (χ1n) is 6.81. The van der Waals surface area contributed by atoms with E-state index in [4.69, 9.17) is 0 Å². The second-order valence-corrected chi connectivity index (χ2v) is 5.37. The molecule has 4 heteroatoms. The smallest absolute Gasteiger partial charge is 0.123 e. The van der Waals surface area contributed by atoms with E-state index in [0.29, 0.717) is 0 Å². The average Bonchev–Trinajstić information content (AvgIpc) is 2.34. The summed E-state index contributed by atoms with van der Waals surface area (Å²) in [5, 5.41) is 3.26. The highest BCUT2D eigenvalue weighted by Crippen LogP contribution is 2.19. The molecule has 1 atom stereocenters. The summed E-state index contributed by atoms with van der Waals surface area (Å²) in [5.41, 5.74) is 2.31. The van der Waals surface area contributed by atoms with Crippen molar-refractivity contribution in [1.29, 1.82) is 0 Å². The summed E-state index contributed by atoms with van der Waals surface area (Å²) in [6.45, 7) is 6.35. The lowest BCUT2D eigenvalue weighted by atomic mass is 9.97. The lowest BCUT2D eigenvalue weighted by molar-refractivity contribution is 0.166. The van der Waals surface area contributed by atoms with Crippen molar-refractivity contribution in [3.8, 4) is 0 Å². The summed E-state index contributed by atoms with van der Waals surface area (Å²) >= 11 is 0. The Hall–Kier alpha value is -0.640. The normalized spacial score (nSPS) is 20.1. The quantitative estimate of drug-likeness (QED) is 0.915. The van der Waals surface area contributed by atoms with E-state index in [0.717, 1.165) is 37.7 Å². The standard InChI is InChI=1S/C15H23FN2.ClH/c1-12-8-15(16)6-5-14(12)11-18-7-3-4-13(10-18)9-17-2;/h5-6,8,13,17H,3-4,7,9-11H2,1-2H3;1H. The zero-order valence-corrected chi connectivity index (χ0v) is 12.6. The Kier molecular flexibility index (Phi) is 6.76.